The molecule has 0 unspecified atom stereocenters. The highest BCUT2D eigenvalue weighted by atomic mass is 19.3. The van der Waals surface area contributed by atoms with Crippen molar-refractivity contribution in [2.24, 2.45) is 4.99 Å². The molecule has 0 aliphatic rings. The van der Waals surface area contributed by atoms with Crippen molar-refractivity contribution < 1.29 is 18.3 Å². The molecular weight excluding hydrogens is 204 g/mol. The minimum Gasteiger partial charge on any atom is -0.497 e. The Kier molecular flexibility index (Phi) is 3.52. The van der Waals surface area contributed by atoms with E-state index in [-0.39, 0.29) is 5.56 Å². The van der Waals surface area contributed by atoms with E-state index in [4.69, 9.17) is 4.74 Å². The highest BCUT2D eigenvalue weighted by Crippen LogP contribution is 2.29. The number of methoxy groups -OCH3 is 1. The molecule has 0 aliphatic carbocycles. The Morgan fingerprint density at radius 2 is 2.00 bits per heavy atom. The van der Waals surface area contributed by atoms with Gasteiger partial charge in [0.15, 0.2) is 0 Å². The van der Waals surface area contributed by atoms with Crippen molar-refractivity contribution in [2.45, 2.75) is 5.92 Å². The van der Waals surface area contributed by atoms with Crippen LogP contribution in [0.15, 0.2) is 29.3 Å². The molecule has 0 heterocycles. The number of aliphatic imine (C=N–C) groups is 1. The van der Waals surface area contributed by atoms with Gasteiger partial charge in [-0.05, 0) is 24.3 Å². The molecule has 0 saturated heterocycles. The van der Waals surface area contributed by atoms with E-state index in [2.05, 4.69) is 4.99 Å². The summed E-state index contributed by atoms with van der Waals surface area (Å²) >= 11 is 0. The van der Waals surface area contributed by atoms with Crippen LogP contribution < -0.4 is 4.74 Å². The van der Waals surface area contributed by atoms with Crippen LogP contribution in [0.4, 0.5) is 8.78 Å². The summed E-state index contributed by atoms with van der Waals surface area (Å²) in [5, 5.41) is 0. The summed E-state index contributed by atoms with van der Waals surface area (Å²) in [4.78, 5) is 12.6. The molecule has 80 valence electrons. The van der Waals surface area contributed by atoms with Gasteiger partial charge >= 0.3 is 0 Å². The molecule has 0 bridgehead atoms. The van der Waals surface area contributed by atoms with Crippen molar-refractivity contribution in [3.63, 3.8) is 0 Å². The molecular formula is C10H9F2NO2. The van der Waals surface area contributed by atoms with E-state index >= 15 is 0 Å². The second-order valence-electron chi connectivity index (χ2n) is 2.84. The van der Waals surface area contributed by atoms with Gasteiger partial charge in [0.25, 0.3) is 5.92 Å². The molecule has 0 aromatic heterocycles. The van der Waals surface area contributed by atoms with Gasteiger partial charge in [0.05, 0.1) is 7.11 Å². The monoisotopic (exact) mass is 213 g/mol. The van der Waals surface area contributed by atoms with E-state index in [0.717, 1.165) is 6.08 Å². The van der Waals surface area contributed by atoms with Crippen molar-refractivity contribution in [1.82, 2.24) is 0 Å². The minimum absolute atomic E-state index is 0.206. The Balaban J connectivity index is 2.89. The summed E-state index contributed by atoms with van der Waals surface area (Å²) in [6, 6.07) is 5.32. The van der Waals surface area contributed by atoms with Crippen LogP contribution in [-0.2, 0) is 10.7 Å². The first-order valence-electron chi connectivity index (χ1n) is 4.16. The third kappa shape index (κ3) is 2.86. The number of ether oxygens (including phenoxy) is 1. The molecule has 0 radical (unpaired) electrons. The quantitative estimate of drug-likeness (QED) is 0.567. The predicted octanol–water partition coefficient (Wildman–Crippen LogP) is 2.12. The van der Waals surface area contributed by atoms with E-state index in [1.165, 1.54) is 31.4 Å². The van der Waals surface area contributed by atoms with Crippen LogP contribution in [0.3, 0.4) is 0 Å². The van der Waals surface area contributed by atoms with Crippen LogP contribution in [0, 0.1) is 0 Å². The Morgan fingerprint density at radius 1 is 1.40 bits per heavy atom. The molecule has 0 spiro atoms. The second kappa shape index (κ2) is 4.66. The maximum absolute atomic E-state index is 13.3. The number of nitrogens with zero attached hydrogens (tertiary/aromatic N) is 1. The third-order valence-corrected chi connectivity index (χ3v) is 1.85. The number of hydrogen-bond donors (Lipinski definition) is 0. The maximum Gasteiger partial charge on any atom is 0.293 e. The summed E-state index contributed by atoms with van der Waals surface area (Å²) in [6.07, 6.45) is 1.09. The first-order chi connectivity index (χ1) is 7.10. The maximum atomic E-state index is 13.3. The fourth-order valence-electron chi connectivity index (χ4n) is 1.06. The van der Waals surface area contributed by atoms with Gasteiger partial charge in [-0.1, -0.05) is 0 Å². The average molecular weight is 213 g/mol. The van der Waals surface area contributed by atoms with Crippen molar-refractivity contribution in [3.05, 3.63) is 29.8 Å². The van der Waals surface area contributed by atoms with Gasteiger partial charge in [-0.15, -0.1) is 0 Å². The van der Waals surface area contributed by atoms with Crippen molar-refractivity contribution in [1.29, 1.82) is 0 Å². The average Bonchev–Trinajstić information content (AvgIpc) is 2.26. The van der Waals surface area contributed by atoms with Crippen LogP contribution in [0.25, 0.3) is 0 Å². The molecule has 1 aromatic rings. The van der Waals surface area contributed by atoms with Gasteiger partial charge in [0.2, 0.25) is 6.08 Å². The van der Waals surface area contributed by atoms with Crippen molar-refractivity contribution in [3.8, 4) is 5.75 Å². The van der Waals surface area contributed by atoms with Gasteiger partial charge in [-0.25, -0.2) is 4.79 Å². The zero-order valence-corrected chi connectivity index (χ0v) is 8.04. The predicted molar refractivity (Wildman–Crippen MR) is 49.9 cm³/mol. The van der Waals surface area contributed by atoms with E-state index in [9.17, 15) is 13.6 Å². The molecule has 0 saturated carbocycles. The van der Waals surface area contributed by atoms with Crippen molar-refractivity contribution in [2.75, 3.05) is 13.7 Å². The van der Waals surface area contributed by atoms with Crippen LogP contribution in [0.2, 0.25) is 0 Å². The Hall–Kier alpha value is -1.74. The molecule has 0 fully saturated rings. The lowest BCUT2D eigenvalue weighted by atomic mass is 10.1. The summed E-state index contributed by atoms with van der Waals surface area (Å²) in [6.45, 7) is -0.886. The number of halogens is 2. The molecule has 5 heteroatoms. The summed E-state index contributed by atoms with van der Waals surface area (Å²) in [5.41, 5.74) is -0.206. The summed E-state index contributed by atoms with van der Waals surface area (Å²) in [7, 11) is 1.45. The lowest BCUT2D eigenvalue weighted by Crippen LogP contribution is -2.17. The number of carbonyl (C=O) groups excluding carboxylic acids is 1. The van der Waals surface area contributed by atoms with Crippen molar-refractivity contribution >= 4 is 6.08 Å². The SMILES string of the molecule is COc1ccc(C(F)(F)CN=C=O)cc1. The standard InChI is InChI=1S/C10H9F2NO2/c1-15-9-4-2-8(3-5-9)10(11,12)6-13-7-14/h2-5H,6H2,1H3. The molecule has 3 nitrogen and oxygen atoms in total. The van der Waals surface area contributed by atoms with Crippen LogP contribution in [-0.4, -0.2) is 19.7 Å². The van der Waals surface area contributed by atoms with Crippen LogP contribution >= 0.6 is 0 Å². The second-order valence-corrected chi connectivity index (χ2v) is 2.84. The molecule has 0 N–H and O–H groups in total. The lowest BCUT2D eigenvalue weighted by Gasteiger charge is -2.13. The Bertz CT molecular complexity index is 370. The lowest BCUT2D eigenvalue weighted by molar-refractivity contribution is 0.00651. The van der Waals surface area contributed by atoms with E-state index in [1.54, 1.807) is 0 Å². The first kappa shape index (κ1) is 11.3. The summed E-state index contributed by atoms with van der Waals surface area (Å²) < 4.78 is 31.4. The fourth-order valence-corrected chi connectivity index (χ4v) is 1.06. The zero-order chi connectivity index (χ0) is 11.3. The molecule has 0 aliphatic heterocycles. The highest BCUT2D eigenvalue weighted by molar-refractivity contribution is 5.34. The number of benzene rings is 1. The fraction of sp³-hybridized carbons (Fsp3) is 0.300. The van der Waals surface area contributed by atoms with E-state index in [0.29, 0.717) is 5.75 Å². The molecule has 1 rings (SSSR count). The molecule has 0 atom stereocenters. The molecule has 0 amide bonds. The Labute approximate surface area is 85.4 Å². The van der Waals surface area contributed by atoms with E-state index in [1.807, 2.05) is 0 Å². The largest absolute Gasteiger partial charge is 0.497 e. The van der Waals surface area contributed by atoms with Gasteiger partial charge in [0.1, 0.15) is 12.3 Å². The Morgan fingerprint density at radius 3 is 2.47 bits per heavy atom. The first-order valence-corrected chi connectivity index (χ1v) is 4.16. The van der Waals surface area contributed by atoms with Gasteiger partial charge < -0.3 is 4.74 Å². The van der Waals surface area contributed by atoms with Crippen LogP contribution in [0.1, 0.15) is 5.56 Å². The number of isocyanates is 1. The van der Waals surface area contributed by atoms with Gasteiger partial charge in [-0.3, -0.25) is 0 Å². The van der Waals surface area contributed by atoms with Gasteiger partial charge in [-0.2, -0.15) is 13.8 Å². The van der Waals surface area contributed by atoms with Crippen LogP contribution in [0.5, 0.6) is 5.75 Å². The normalized spacial score (nSPS) is 10.6. The number of alkyl halides is 2. The molecule has 15 heavy (non-hydrogen) atoms. The highest BCUT2D eigenvalue weighted by Gasteiger charge is 2.31. The third-order valence-electron chi connectivity index (χ3n) is 1.85. The summed E-state index contributed by atoms with van der Waals surface area (Å²) in [5.74, 6) is -2.66. The van der Waals surface area contributed by atoms with E-state index < -0.39 is 12.5 Å². The smallest absolute Gasteiger partial charge is 0.293 e. The zero-order valence-electron chi connectivity index (χ0n) is 8.04. The molecule has 1 aromatic carbocycles. The van der Waals surface area contributed by atoms with Gasteiger partial charge in [0, 0.05) is 5.56 Å². The topological polar surface area (TPSA) is 38.7 Å². The number of rotatable bonds is 4. The number of hydrogen-bond acceptors (Lipinski definition) is 3. The minimum atomic E-state index is -3.15.